The predicted octanol–water partition coefficient (Wildman–Crippen LogP) is 2.59. The number of pyridine rings is 2. The van der Waals surface area contributed by atoms with Gasteiger partial charge in [0, 0.05) is 32.2 Å². The lowest BCUT2D eigenvalue weighted by Crippen LogP contribution is -2.03. The summed E-state index contributed by atoms with van der Waals surface area (Å²) in [7, 11) is 1.59. The van der Waals surface area contributed by atoms with E-state index in [0.717, 1.165) is 16.9 Å². The van der Waals surface area contributed by atoms with E-state index < -0.39 is 0 Å². The van der Waals surface area contributed by atoms with Crippen molar-refractivity contribution in [2.45, 2.75) is 20.1 Å². The summed E-state index contributed by atoms with van der Waals surface area (Å²) in [4.78, 5) is 12.7. The minimum absolute atomic E-state index is 0.321. The normalized spacial score (nSPS) is 10.7. The second kappa shape index (κ2) is 6.97. The molecule has 118 valence electrons. The molecule has 0 atom stereocenters. The maximum absolute atomic E-state index is 5.18. The van der Waals surface area contributed by atoms with Crippen molar-refractivity contribution in [2.75, 3.05) is 12.4 Å². The van der Waals surface area contributed by atoms with Gasteiger partial charge in [0.25, 0.3) is 5.89 Å². The lowest BCUT2D eigenvalue weighted by atomic mass is 10.1. The Morgan fingerprint density at radius 3 is 2.87 bits per heavy atom. The fraction of sp³-hybridized carbons (Fsp3) is 0.250. The molecule has 0 aliphatic heterocycles. The number of aromatic nitrogens is 4. The monoisotopic (exact) mass is 311 g/mol. The van der Waals surface area contributed by atoms with E-state index >= 15 is 0 Å². The summed E-state index contributed by atoms with van der Waals surface area (Å²) in [5.74, 6) is 1.72. The van der Waals surface area contributed by atoms with Crippen LogP contribution in [-0.4, -0.2) is 27.2 Å². The maximum Gasteiger partial charge on any atom is 0.259 e. The number of nitrogens with one attached hydrogen (secondary N) is 1. The van der Waals surface area contributed by atoms with Gasteiger partial charge in [-0.05, 0) is 36.2 Å². The van der Waals surface area contributed by atoms with Crippen molar-refractivity contribution in [3.63, 3.8) is 0 Å². The first kappa shape index (κ1) is 15.1. The molecule has 0 fully saturated rings. The second-order valence-electron chi connectivity index (χ2n) is 5.04. The zero-order chi connectivity index (χ0) is 16.1. The molecular weight excluding hydrogens is 294 g/mol. The maximum atomic E-state index is 5.18. The quantitative estimate of drug-likeness (QED) is 0.748. The molecule has 3 aromatic rings. The van der Waals surface area contributed by atoms with Crippen molar-refractivity contribution in [3.05, 3.63) is 53.7 Å². The highest BCUT2D eigenvalue weighted by atomic mass is 16.5. The Labute approximate surface area is 133 Å². The van der Waals surface area contributed by atoms with Gasteiger partial charge in [0.05, 0.1) is 5.56 Å². The third kappa shape index (κ3) is 3.70. The van der Waals surface area contributed by atoms with Crippen molar-refractivity contribution in [3.8, 4) is 11.5 Å². The summed E-state index contributed by atoms with van der Waals surface area (Å²) in [5.41, 5.74) is 3.10. The lowest BCUT2D eigenvalue weighted by Gasteiger charge is -2.07. The smallest absolute Gasteiger partial charge is 0.259 e. The van der Waals surface area contributed by atoms with Crippen LogP contribution in [0.3, 0.4) is 0 Å². The number of ether oxygens (including phenoxy) is 1. The van der Waals surface area contributed by atoms with Crippen molar-refractivity contribution in [1.82, 2.24) is 20.1 Å². The van der Waals surface area contributed by atoms with E-state index in [4.69, 9.17) is 9.26 Å². The zero-order valence-electron chi connectivity index (χ0n) is 13.0. The van der Waals surface area contributed by atoms with Gasteiger partial charge >= 0.3 is 0 Å². The fourth-order valence-electron chi connectivity index (χ4n) is 2.07. The van der Waals surface area contributed by atoms with Gasteiger partial charge in [-0.1, -0.05) is 5.16 Å². The number of hydrogen-bond donors (Lipinski definition) is 1. The van der Waals surface area contributed by atoms with E-state index in [-0.39, 0.29) is 0 Å². The van der Waals surface area contributed by atoms with Gasteiger partial charge in [0.2, 0.25) is 0 Å². The van der Waals surface area contributed by atoms with Crippen LogP contribution in [0.25, 0.3) is 11.5 Å². The predicted molar refractivity (Wildman–Crippen MR) is 84.5 cm³/mol. The summed E-state index contributed by atoms with van der Waals surface area (Å²) in [6.07, 6.45) is 5.33. The van der Waals surface area contributed by atoms with Crippen LogP contribution < -0.4 is 5.32 Å². The minimum Gasteiger partial charge on any atom is -0.377 e. The van der Waals surface area contributed by atoms with Crippen molar-refractivity contribution >= 4 is 5.82 Å². The van der Waals surface area contributed by atoms with Gasteiger partial charge < -0.3 is 14.6 Å². The summed E-state index contributed by atoms with van der Waals surface area (Å²) >= 11 is 0. The molecule has 23 heavy (non-hydrogen) atoms. The molecule has 0 spiro atoms. The van der Waals surface area contributed by atoms with E-state index in [1.165, 1.54) is 5.56 Å². The highest BCUT2D eigenvalue weighted by Crippen LogP contribution is 2.18. The van der Waals surface area contributed by atoms with Crippen LogP contribution in [0.4, 0.5) is 5.82 Å². The fourth-order valence-corrected chi connectivity index (χ4v) is 2.07. The van der Waals surface area contributed by atoms with E-state index in [1.54, 1.807) is 19.5 Å². The van der Waals surface area contributed by atoms with Gasteiger partial charge in [-0.25, -0.2) is 4.98 Å². The van der Waals surface area contributed by atoms with Gasteiger partial charge in [0.15, 0.2) is 5.82 Å². The van der Waals surface area contributed by atoms with Crippen LogP contribution in [-0.2, 0) is 17.9 Å². The van der Waals surface area contributed by atoms with Crippen LogP contribution in [0.15, 0.2) is 41.3 Å². The van der Waals surface area contributed by atoms with Crippen molar-refractivity contribution in [1.29, 1.82) is 0 Å². The Morgan fingerprint density at radius 2 is 2.13 bits per heavy atom. The van der Waals surface area contributed by atoms with Gasteiger partial charge in [-0.2, -0.15) is 4.98 Å². The zero-order valence-corrected chi connectivity index (χ0v) is 13.0. The third-order valence-corrected chi connectivity index (χ3v) is 3.35. The Morgan fingerprint density at radius 1 is 1.22 bits per heavy atom. The molecule has 7 heteroatoms. The number of anilines is 1. The highest BCUT2D eigenvalue weighted by Gasteiger charge is 2.09. The van der Waals surface area contributed by atoms with E-state index in [9.17, 15) is 0 Å². The number of rotatable bonds is 6. The first-order valence-corrected chi connectivity index (χ1v) is 7.17. The Kier molecular flexibility index (Phi) is 4.58. The molecule has 0 bridgehead atoms. The molecule has 0 saturated carbocycles. The first-order chi connectivity index (χ1) is 11.3. The molecular formula is C16H17N5O2. The molecule has 3 aromatic heterocycles. The van der Waals surface area contributed by atoms with Crippen LogP contribution in [0.2, 0.25) is 0 Å². The molecule has 0 amide bonds. The van der Waals surface area contributed by atoms with Gasteiger partial charge in [0.1, 0.15) is 12.4 Å². The molecule has 0 aliphatic rings. The van der Waals surface area contributed by atoms with Crippen LogP contribution in [0.1, 0.15) is 17.0 Å². The molecule has 0 aromatic carbocycles. The third-order valence-electron chi connectivity index (χ3n) is 3.35. The molecule has 3 heterocycles. The van der Waals surface area contributed by atoms with Crippen LogP contribution >= 0.6 is 0 Å². The van der Waals surface area contributed by atoms with Crippen molar-refractivity contribution < 1.29 is 9.26 Å². The number of methoxy groups -OCH3 is 1. The molecule has 1 N–H and O–H groups in total. The average Bonchev–Trinajstić information content (AvgIpc) is 3.04. The van der Waals surface area contributed by atoms with E-state index in [1.807, 2.05) is 31.3 Å². The largest absolute Gasteiger partial charge is 0.377 e. The van der Waals surface area contributed by atoms with Gasteiger partial charge in [-0.15, -0.1) is 0 Å². The number of nitrogens with zero attached hydrogens (tertiary/aromatic N) is 4. The summed E-state index contributed by atoms with van der Waals surface area (Å²) < 4.78 is 10.1. The second-order valence-corrected chi connectivity index (χ2v) is 5.04. The highest BCUT2D eigenvalue weighted by molar-refractivity contribution is 5.54. The standard InChI is InChI=1S/C16H17N5O2/c1-11-7-17-6-5-12(11)8-18-14-4-3-13(9-19-14)16-20-15(10-22-2)21-23-16/h3-7,9H,8,10H2,1-2H3,(H,18,19). The topological polar surface area (TPSA) is 86.0 Å². The molecule has 0 unspecified atom stereocenters. The summed E-state index contributed by atoms with van der Waals surface area (Å²) in [6, 6.07) is 5.76. The summed E-state index contributed by atoms with van der Waals surface area (Å²) in [6.45, 7) is 3.05. The molecule has 3 rings (SSSR count). The Bertz CT molecular complexity index is 770. The number of hydrogen-bond acceptors (Lipinski definition) is 7. The first-order valence-electron chi connectivity index (χ1n) is 7.17. The molecule has 7 nitrogen and oxygen atoms in total. The van der Waals surface area contributed by atoms with Crippen LogP contribution in [0.5, 0.6) is 0 Å². The van der Waals surface area contributed by atoms with Crippen molar-refractivity contribution in [2.24, 2.45) is 0 Å². The summed E-state index contributed by atoms with van der Waals surface area (Å²) in [5, 5.41) is 7.11. The Balaban J connectivity index is 1.66. The SMILES string of the molecule is COCc1noc(-c2ccc(NCc3ccncc3C)nc2)n1. The van der Waals surface area contributed by atoms with Crippen LogP contribution in [0, 0.1) is 6.92 Å². The molecule has 0 saturated heterocycles. The van der Waals surface area contributed by atoms with Gasteiger partial charge in [-0.3, -0.25) is 4.98 Å². The van der Waals surface area contributed by atoms with E-state index in [0.29, 0.717) is 24.9 Å². The average molecular weight is 311 g/mol. The minimum atomic E-state index is 0.321. The Hall–Kier alpha value is -2.80. The lowest BCUT2D eigenvalue weighted by molar-refractivity contribution is 0.174. The number of aryl methyl sites for hydroxylation is 1. The molecule has 0 radical (unpaired) electrons. The van der Waals surface area contributed by atoms with E-state index in [2.05, 4.69) is 25.4 Å². The molecule has 0 aliphatic carbocycles.